The largest absolute Gasteiger partial charge is 0.405 e. The average Bonchev–Trinajstić information content (AvgIpc) is 2.13. The van der Waals surface area contributed by atoms with Crippen LogP contribution in [0.5, 0.6) is 0 Å². The van der Waals surface area contributed by atoms with Crippen LogP contribution in [0.4, 0.5) is 13.2 Å². The van der Waals surface area contributed by atoms with Crippen LogP contribution in [0.3, 0.4) is 0 Å². The summed E-state index contributed by atoms with van der Waals surface area (Å²) in [5.74, 6) is -0.461. The highest BCUT2D eigenvalue weighted by atomic mass is 19.4. The topological polar surface area (TPSA) is 58.4 Å². The molecule has 0 aromatic rings. The van der Waals surface area contributed by atoms with Gasteiger partial charge in [-0.15, -0.1) is 0 Å². The molecule has 16 heavy (non-hydrogen) atoms. The number of likely N-dealkylation sites (N-methyl/N-ethyl adjacent to an activating group) is 2. The van der Waals surface area contributed by atoms with Crippen molar-refractivity contribution in [1.82, 2.24) is 10.2 Å². The van der Waals surface area contributed by atoms with E-state index in [1.807, 2.05) is 0 Å². The summed E-state index contributed by atoms with van der Waals surface area (Å²) in [4.78, 5) is 12.1. The van der Waals surface area contributed by atoms with E-state index in [4.69, 9.17) is 5.73 Å². The fraction of sp³-hybridized carbons (Fsp3) is 0.889. The van der Waals surface area contributed by atoms with E-state index in [2.05, 4.69) is 5.32 Å². The van der Waals surface area contributed by atoms with Crippen LogP contribution in [0.2, 0.25) is 0 Å². The fourth-order valence-electron chi connectivity index (χ4n) is 1.51. The third kappa shape index (κ3) is 4.36. The minimum atomic E-state index is -4.43. The third-order valence-corrected chi connectivity index (χ3v) is 2.26. The highest BCUT2D eigenvalue weighted by Gasteiger charge is 2.45. The van der Waals surface area contributed by atoms with Crippen LogP contribution in [0.1, 0.15) is 13.8 Å². The molecule has 0 fully saturated rings. The number of carbonyl (C=O) groups is 1. The summed E-state index contributed by atoms with van der Waals surface area (Å²) in [7, 11) is 1.38. The number of nitrogens with one attached hydrogen (secondary N) is 1. The van der Waals surface area contributed by atoms with Gasteiger partial charge >= 0.3 is 6.18 Å². The lowest BCUT2D eigenvalue weighted by Crippen LogP contribution is -2.56. The molecule has 0 aromatic carbocycles. The van der Waals surface area contributed by atoms with E-state index in [0.29, 0.717) is 0 Å². The first kappa shape index (κ1) is 15.2. The quantitative estimate of drug-likeness (QED) is 0.729. The standard InChI is InChI=1S/C9H18F3N3O/c1-4-15(5-7(16)14-3)8(6(2)13)9(10,11)12/h6,8H,4-5,13H2,1-3H3,(H,14,16). The number of halogens is 3. The maximum Gasteiger partial charge on any atom is 0.405 e. The Morgan fingerprint density at radius 2 is 2.00 bits per heavy atom. The Kier molecular flexibility index (Phi) is 5.74. The van der Waals surface area contributed by atoms with Gasteiger partial charge in [0.15, 0.2) is 0 Å². The van der Waals surface area contributed by atoms with E-state index in [-0.39, 0.29) is 13.1 Å². The molecule has 0 aliphatic heterocycles. The van der Waals surface area contributed by atoms with Crippen molar-refractivity contribution in [2.75, 3.05) is 20.1 Å². The van der Waals surface area contributed by atoms with Crippen molar-refractivity contribution in [3.63, 3.8) is 0 Å². The van der Waals surface area contributed by atoms with E-state index < -0.39 is 24.2 Å². The predicted octanol–water partition coefficient (Wildman–Crippen LogP) is 0.332. The molecule has 0 saturated carbocycles. The van der Waals surface area contributed by atoms with Gasteiger partial charge in [0.25, 0.3) is 0 Å². The lowest BCUT2D eigenvalue weighted by atomic mass is 10.1. The maximum atomic E-state index is 12.7. The summed E-state index contributed by atoms with van der Waals surface area (Å²) in [5, 5.41) is 2.29. The Balaban J connectivity index is 4.79. The molecule has 0 aliphatic rings. The van der Waals surface area contributed by atoms with Crippen LogP contribution in [0, 0.1) is 0 Å². The molecule has 0 aromatic heterocycles. The average molecular weight is 241 g/mol. The first-order chi connectivity index (χ1) is 7.23. The molecule has 1 amide bonds. The van der Waals surface area contributed by atoms with Crippen LogP contribution in [-0.4, -0.2) is 49.2 Å². The molecule has 3 N–H and O–H groups in total. The second-order valence-corrected chi connectivity index (χ2v) is 3.58. The maximum absolute atomic E-state index is 12.7. The van der Waals surface area contributed by atoms with Gasteiger partial charge in [0.2, 0.25) is 5.91 Å². The molecule has 0 bridgehead atoms. The SMILES string of the molecule is CCN(CC(=O)NC)C(C(C)N)C(F)(F)F. The van der Waals surface area contributed by atoms with Gasteiger partial charge in [0, 0.05) is 13.1 Å². The lowest BCUT2D eigenvalue weighted by Gasteiger charge is -2.34. The molecule has 0 heterocycles. The molecule has 0 spiro atoms. The second kappa shape index (κ2) is 6.05. The van der Waals surface area contributed by atoms with Gasteiger partial charge in [-0.05, 0) is 13.5 Å². The fourth-order valence-corrected chi connectivity index (χ4v) is 1.51. The molecule has 0 rings (SSSR count). The first-order valence-corrected chi connectivity index (χ1v) is 5.01. The molecule has 2 unspecified atom stereocenters. The van der Waals surface area contributed by atoms with Crippen molar-refractivity contribution in [3.8, 4) is 0 Å². The number of rotatable bonds is 5. The van der Waals surface area contributed by atoms with Crippen LogP contribution in [-0.2, 0) is 4.79 Å². The molecule has 7 heteroatoms. The number of nitrogens with zero attached hydrogens (tertiary/aromatic N) is 1. The Morgan fingerprint density at radius 3 is 2.25 bits per heavy atom. The first-order valence-electron chi connectivity index (χ1n) is 5.01. The monoisotopic (exact) mass is 241 g/mol. The summed E-state index contributed by atoms with van der Waals surface area (Å²) in [6.07, 6.45) is -4.43. The molecule has 2 atom stereocenters. The summed E-state index contributed by atoms with van der Waals surface area (Å²) in [6, 6.07) is -2.88. The van der Waals surface area contributed by atoms with Crippen molar-refractivity contribution < 1.29 is 18.0 Å². The van der Waals surface area contributed by atoms with Gasteiger partial charge < -0.3 is 11.1 Å². The number of nitrogens with two attached hydrogens (primary N) is 1. The van der Waals surface area contributed by atoms with Crippen LogP contribution in [0.15, 0.2) is 0 Å². The summed E-state index contributed by atoms with van der Waals surface area (Å²) in [6.45, 7) is 2.65. The van der Waals surface area contributed by atoms with Gasteiger partial charge in [-0.2, -0.15) is 13.2 Å². The minimum Gasteiger partial charge on any atom is -0.358 e. The van der Waals surface area contributed by atoms with Crippen molar-refractivity contribution in [2.45, 2.75) is 32.1 Å². The number of alkyl halides is 3. The summed E-state index contributed by atoms with van der Waals surface area (Å²) >= 11 is 0. The number of hydrogen-bond acceptors (Lipinski definition) is 3. The zero-order chi connectivity index (χ0) is 12.9. The van der Waals surface area contributed by atoms with E-state index in [0.717, 1.165) is 4.90 Å². The normalized spacial score (nSPS) is 16.0. The van der Waals surface area contributed by atoms with Crippen LogP contribution in [0.25, 0.3) is 0 Å². The molecule has 4 nitrogen and oxygen atoms in total. The third-order valence-electron chi connectivity index (χ3n) is 2.26. The second-order valence-electron chi connectivity index (χ2n) is 3.58. The van der Waals surface area contributed by atoms with E-state index in [1.54, 1.807) is 6.92 Å². The lowest BCUT2D eigenvalue weighted by molar-refractivity contribution is -0.188. The van der Waals surface area contributed by atoms with Crippen LogP contribution >= 0.6 is 0 Å². The van der Waals surface area contributed by atoms with Crippen molar-refractivity contribution in [1.29, 1.82) is 0 Å². The molecular formula is C9H18F3N3O. The zero-order valence-electron chi connectivity index (χ0n) is 9.64. The van der Waals surface area contributed by atoms with Gasteiger partial charge in [0.1, 0.15) is 6.04 Å². The van der Waals surface area contributed by atoms with E-state index in [1.165, 1.54) is 14.0 Å². The van der Waals surface area contributed by atoms with Gasteiger partial charge in [-0.1, -0.05) is 6.92 Å². The molecule has 0 radical (unpaired) electrons. The molecule has 96 valence electrons. The molecule has 0 aliphatic carbocycles. The summed E-state index contributed by atoms with van der Waals surface area (Å²) < 4.78 is 38.1. The highest BCUT2D eigenvalue weighted by Crippen LogP contribution is 2.26. The smallest absolute Gasteiger partial charge is 0.358 e. The number of carbonyl (C=O) groups excluding carboxylic acids is 1. The Labute approximate surface area is 93.0 Å². The van der Waals surface area contributed by atoms with Crippen LogP contribution < -0.4 is 11.1 Å². The Hall–Kier alpha value is -0.820. The predicted molar refractivity (Wildman–Crippen MR) is 54.8 cm³/mol. The van der Waals surface area contributed by atoms with Crippen molar-refractivity contribution in [3.05, 3.63) is 0 Å². The van der Waals surface area contributed by atoms with Crippen molar-refractivity contribution >= 4 is 5.91 Å². The number of hydrogen-bond donors (Lipinski definition) is 2. The Morgan fingerprint density at radius 1 is 1.50 bits per heavy atom. The van der Waals surface area contributed by atoms with E-state index >= 15 is 0 Å². The minimum absolute atomic E-state index is 0.110. The van der Waals surface area contributed by atoms with E-state index in [9.17, 15) is 18.0 Å². The van der Waals surface area contributed by atoms with Gasteiger partial charge in [-0.25, -0.2) is 0 Å². The van der Waals surface area contributed by atoms with Crippen molar-refractivity contribution in [2.24, 2.45) is 5.73 Å². The Bertz CT molecular complexity index is 231. The molecular weight excluding hydrogens is 223 g/mol. The molecule has 0 saturated heterocycles. The highest BCUT2D eigenvalue weighted by molar-refractivity contribution is 5.77. The van der Waals surface area contributed by atoms with Gasteiger partial charge in [-0.3, -0.25) is 9.69 Å². The summed E-state index contributed by atoms with van der Waals surface area (Å²) in [5.41, 5.74) is 5.32. The zero-order valence-corrected chi connectivity index (χ0v) is 9.64. The van der Waals surface area contributed by atoms with Gasteiger partial charge in [0.05, 0.1) is 6.54 Å². The number of amides is 1.